The lowest BCUT2D eigenvalue weighted by molar-refractivity contribution is -0.235. The van der Waals surface area contributed by atoms with Gasteiger partial charge < -0.3 is 4.74 Å². The molecule has 1 unspecified atom stereocenters. The molecule has 2 aromatic carbocycles. The Morgan fingerprint density at radius 1 is 0.929 bits per heavy atom. The predicted molar refractivity (Wildman–Crippen MR) is 115 cm³/mol. The van der Waals surface area contributed by atoms with Gasteiger partial charge in [-0.1, -0.05) is 90.1 Å². The molecule has 28 heavy (non-hydrogen) atoms. The van der Waals surface area contributed by atoms with Gasteiger partial charge in [0.2, 0.25) is 0 Å². The normalized spacial score (nSPS) is 19.0. The molecule has 0 amide bonds. The fourth-order valence-electron chi connectivity index (χ4n) is 3.48. The van der Waals surface area contributed by atoms with Gasteiger partial charge in [0.1, 0.15) is 0 Å². The molecule has 3 heteroatoms. The van der Waals surface area contributed by atoms with Gasteiger partial charge in [-0.15, -0.1) is 0 Å². The number of hydrogen-bond donors (Lipinski definition) is 0. The predicted octanol–water partition coefficient (Wildman–Crippen LogP) is 5.79. The molecule has 0 bridgehead atoms. The van der Waals surface area contributed by atoms with E-state index in [1.807, 2.05) is 6.07 Å². The first-order chi connectivity index (χ1) is 13.1. The van der Waals surface area contributed by atoms with E-state index in [0.29, 0.717) is 19.8 Å². The van der Waals surface area contributed by atoms with Gasteiger partial charge >= 0.3 is 0 Å². The fraction of sp³-hybridized carbons (Fsp3) is 0.520. The van der Waals surface area contributed by atoms with Crippen molar-refractivity contribution in [3.8, 4) is 0 Å². The van der Waals surface area contributed by atoms with Crippen LogP contribution in [0.15, 0.2) is 48.5 Å². The third-order valence-electron chi connectivity index (χ3n) is 5.39. The van der Waals surface area contributed by atoms with Crippen molar-refractivity contribution in [2.24, 2.45) is 0 Å². The largest absolute Gasteiger partial charge is 0.378 e. The summed E-state index contributed by atoms with van der Waals surface area (Å²) in [5.41, 5.74) is 5.42. The molecule has 3 rings (SSSR count). The van der Waals surface area contributed by atoms with Crippen LogP contribution in [-0.2, 0) is 27.0 Å². The van der Waals surface area contributed by atoms with Gasteiger partial charge in [-0.3, -0.25) is 4.84 Å². The van der Waals surface area contributed by atoms with Crippen LogP contribution >= 0.6 is 0 Å². The molecule has 1 atom stereocenters. The topological polar surface area (TPSA) is 21.7 Å². The standard InChI is InChI=1S/C25H35NO2/c1-24(2,3)21-14-19(15-22(16-21)25(4,5)6)17-28-26-12-13-27-18-23(26)20-10-8-7-9-11-20/h7-11,14-16,23H,12-13,17-18H2,1-6H3. The van der Waals surface area contributed by atoms with Crippen LogP contribution in [0, 0.1) is 0 Å². The lowest BCUT2D eigenvalue weighted by atomic mass is 9.79. The lowest BCUT2D eigenvalue weighted by Crippen LogP contribution is -2.39. The van der Waals surface area contributed by atoms with E-state index in [9.17, 15) is 0 Å². The fourth-order valence-corrected chi connectivity index (χ4v) is 3.48. The summed E-state index contributed by atoms with van der Waals surface area (Å²) in [5, 5.41) is 2.10. The number of hydrogen-bond acceptors (Lipinski definition) is 3. The van der Waals surface area contributed by atoms with E-state index in [1.165, 1.54) is 22.3 Å². The molecule has 0 spiro atoms. The average molecular weight is 382 g/mol. The van der Waals surface area contributed by atoms with Crippen LogP contribution in [0.3, 0.4) is 0 Å². The van der Waals surface area contributed by atoms with Crippen molar-refractivity contribution in [3.05, 3.63) is 70.8 Å². The number of ether oxygens (including phenoxy) is 1. The second-order valence-electron chi connectivity index (χ2n) is 9.83. The Labute approximate surface area is 170 Å². The van der Waals surface area contributed by atoms with Crippen molar-refractivity contribution < 1.29 is 9.57 Å². The summed E-state index contributed by atoms with van der Waals surface area (Å²) < 4.78 is 5.72. The van der Waals surface area contributed by atoms with Gasteiger partial charge in [0.25, 0.3) is 0 Å². The highest BCUT2D eigenvalue weighted by atomic mass is 16.7. The molecule has 1 fully saturated rings. The summed E-state index contributed by atoms with van der Waals surface area (Å²) >= 11 is 0. The summed E-state index contributed by atoms with van der Waals surface area (Å²) in [6.07, 6.45) is 0. The van der Waals surface area contributed by atoms with Crippen molar-refractivity contribution >= 4 is 0 Å². The molecule has 1 heterocycles. The highest BCUT2D eigenvalue weighted by Crippen LogP contribution is 2.31. The van der Waals surface area contributed by atoms with Gasteiger partial charge in [-0.25, -0.2) is 0 Å². The maximum atomic E-state index is 6.32. The maximum absolute atomic E-state index is 6.32. The molecular formula is C25H35NO2. The van der Waals surface area contributed by atoms with E-state index in [2.05, 4.69) is 89.1 Å². The summed E-state index contributed by atoms with van der Waals surface area (Å²) in [5.74, 6) is 0. The molecule has 0 saturated carbocycles. The number of nitrogens with zero attached hydrogens (tertiary/aromatic N) is 1. The van der Waals surface area contributed by atoms with Gasteiger partial charge in [0.05, 0.1) is 25.9 Å². The number of morpholine rings is 1. The smallest absolute Gasteiger partial charge is 0.0936 e. The molecule has 3 nitrogen and oxygen atoms in total. The Hall–Kier alpha value is -1.68. The molecule has 1 saturated heterocycles. The lowest BCUT2D eigenvalue weighted by Gasteiger charge is -2.35. The summed E-state index contributed by atoms with van der Waals surface area (Å²) in [4.78, 5) is 6.32. The van der Waals surface area contributed by atoms with E-state index in [-0.39, 0.29) is 16.9 Å². The second-order valence-corrected chi connectivity index (χ2v) is 9.83. The van der Waals surface area contributed by atoms with Crippen LogP contribution in [0.25, 0.3) is 0 Å². The third-order valence-corrected chi connectivity index (χ3v) is 5.39. The molecule has 0 N–H and O–H groups in total. The Morgan fingerprint density at radius 3 is 2.11 bits per heavy atom. The average Bonchev–Trinajstić information content (AvgIpc) is 2.66. The van der Waals surface area contributed by atoms with Crippen molar-refractivity contribution in [1.29, 1.82) is 0 Å². The second kappa shape index (κ2) is 8.36. The monoisotopic (exact) mass is 381 g/mol. The molecule has 1 aliphatic rings. The van der Waals surface area contributed by atoms with Crippen LogP contribution in [-0.4, -0.2) is 24.8 Å². The van der Waals surface area contributed by atoms with Gasteiger partial charge in [0.15, 0.2) is 0 Å². The number of benzene rings is 2. The molecule has 2 aromatic rings. The van der Waals surface area contributed by atoms with Crippen LogP contribution in [0.2, 0.25) is 0 Å². The van der Waals surface area contributed by atoms with Gasteiger partial charge in [0, 0.05) is 6.54 Å². The van der Waals surface area contributed by atoms with Crippen molar-refractivity contribution in [3.63, 3.8) is 0 Å². The Morgan fingerprint density at radius 2 is 1.54 bits per heavy atom. The maximum Gasteiger partial charge on any atom is 0.0936 e. The highest BCUT2D eigenvalue weighted by Gasteiger charge is 2.26. The SMILES string of the molecule is CC(C)(C)c1cc(CON2CCOCC2c2ccccc2)cc(C(C)(C)C)c1. The summed E-state index contributed by atoms with van der Waals surface area (Å²) in [6, 6.07) is 17.6. The van der Waals surface area contributed by atoms with Crippen molar-refractivity contribution in [2.75, 3.05) is 19.8 Å². The molecule has 0 aromatic heterocycles. The van der Waals surface area contributed by atoms with E-state index in [4.69, 9.17) is 9.57 Å². The van der Waals surface area contributed by atoms with E-state index in [0.717, 1.165) is 6.54 Å². The van der Waals surface area contributed by atoms with Gasteiger partial charge in [-0.2, -0.15) is 5.06 Å². The molecule has 1 aliphatic heterocycles. The minimum atomic E-state index is 0.113. The zero-order valence-corrected chi connectivity index (χ0v) is 18.3. The number of rotatable bonds is 4. The van der Waals surface area contributed by atoms with Crippen molar-refractivity contribution in [1.82, 2.24) is 5.06 Å². The third kappa shape index (κ3) is 5.22. The first-order valence-corrected chi connectivity index (χ1v) is 10.3. The Bertz CT molecular complexity index is 739. The molecule has 0 radical (unpaired) electrons. The van der Waals surface area contributed by atoms with Crippen LogP contribution in [0.5, 0.6) is 0 Å². The zero-order chi connectivity index (χ0) is 20.4. The van der Waals surface area contributed by atoms with Crippen LogP contribution < -0.4 is 0 Å². The first-order valence-electron chi connectivity index (χ1n) is 10.3. The Kier molecular flexibility index (Phi) is 6.28. The highest BCUT2D eigenvalue weighted by molar-refractivity contribution is 5.37. The van der Waals surface area contributed by atoms with Crippen molar-refractivity contribution in [2.45, 2.75) is 65.0 Å². The minimum Gasteiger partial charge on any atom is -0.378 e. The van der Waals surface area contributed by atoms with Crippen LogP contribution in [0.4, 0.5) is 0 Å². The first kappa shape index (κ1) is 21.0. The molecule has 152 valence electrons. The number of hydroxylamine groups is 2. The summed E-state index contributed by atoms with van der Waals surface area (Å²) in [6.45, 7) is 16.4. The quantitative estimate of drug-likeness (QED) is 0.669. The van der Waals surface area contributed by atoms with E-state index >= 15 is 0 Å². The van der Waals surface area contributed by atoms with Crippen LogP contribution in [0.1, 0.15) is 69.8 Å². The molecular weight excluding hydrogens is 346 g/mol. The minimum absolute atomic E-state index is 0.113. The zero-order valence-electron chi connectivity index (χ0n) is 18.3. The molecule has 0 aliphatic carbocycles. The Balaban J connectivity index is 1.81. The van der Waals surface area contributed by atoms with E-state index < -0.39 is 0 Å². The van der Waals surface area contributed by atoms with Gasteiger partial charge in [-0.05, 0) is 33.1 Å². The van der Waals surface area contributed by atoms with E-state index in [1.54, 1.807) is 0 Å². The summed E-state index contributed by atoms with van der Waals surface area (Å²) in [7, 11) is 0.